The Labute approximate surface area is 120 Å². The molecule has 2 heterocycles. The lowest BCUT2D eigenvalue weighted by atomic mass is 10.3. The van der Waals surface area contributed by atoms with Crippen molar-refractivity contribution in [3.05, 3.63) is 17.9 Å². The summed E-state index contributed by atoms with van der Waals surface area (Å²) in [7, 11) is 0. The number of anilines is 1. The van der Waals surface area contributed by atoms with E-state index in [0.717, 1.165) is 12.2 Å². The Hall–Kier alpha value is -1.41. The van der Waals surface area contributed by atoms with Crippen LogP contribution in [0, 0.1) is 0 Å². The standard InChI is InChI=1S/C10H14ClN7S/c1-7(3-4-19-2)14-9-15-8(11)16-10(17-9)18-6-12-5-13-18/h5-7H,3-4H2,1-2H3,(H,14,15,16,17). The van der Waals surface area contributed by atoms with Crippen molar-refractivity contribution in [2.24, 2.45) is 0 Å². The summed E-state index contributed by atoms with van der Waals surface area (Å²) in [6, 6.07) is 0.259. The van der Waals surface area contributed by atoms with Crippen molar-refractivity contribution in [3.63, 3.8) is 0 Å². The summed E-state index contributed by atoms with van der Waals surface area (Å²) < 4.78 is 1.44. The number of aromatic nitrogens is 6. The van der Waals surface area contributed by atoms with Crippen LogP contribution in [0.2, 0.25) is 5.28 Å². The second-order valence-electron chi connectivity index (χ2n) is 3.89. The van der Waals surface area contributed by atoms with E-state index in [-0.39, 0.29) is 11.3 Å². The predicted molar refractivity (Wildman–Crippen MR) is 75.8 cm³/mol. The highest BCUT2D eigenvalue weighted by molar-refractivity contribution is 7.98. The van der Waals surface area contributed by atoms with Crippen molar-refractivity contribution in [2.75, 3.05) is 17.3 Å². The summed E-state index contributed by atoms with van der Waals surface area (Å²) in [5.74, 6) is 1.86. The monoisotopic (exact) mass is 299 g/mol. The first-order valence-electron chi connectivity index (χ1n) is 5.71. The molecule has 19 heavy (non-hydrogen) atoms. The van der Waals surface area contributed by atoms with Crippen LogP contribution >= 0.6 is 23.4 Å². The van der Waals surface area contributed by atoms with Crippen LogP contribution in [-0.2, 0) is 0 Å². The van der Waals surface area contributed by atoms with Gasteiger partial charge in [-0.05, 0) is 37.0 Å². The molecular weight excluding hydrogens is 286 g/mol. The summed E-state index contributed by atoms with van der Waals surface area (Å²) in [6.07, 6.45) is 6.01. The van der Waals surface area contributed by atoms with E-state index in [4.69, 9.17) is 11.6 Å². The molecule has 0 aliphatic carbocycles. The van der Waals surface area contributed by atoms with Gasteiger partial charge in [-0.2, -0.15) is 36.5 Å². The van der Waals surface area contributed by atoms with Gasteiger partial charge in [0.25, 0.3) is 5.95 Å². The van der Waals surface area contributed by atoms with Crippen molar-refractivity contribution in [2.45, 2.75) is 19.4 Å². The number of nitrogens with one attached hydrogen (secondary N) is 1. The zero-order valence-electron chi connectivity index (χ0n) is 10.6. The van der Waals surface area contributed by atoms with Crippen LogP contribution in [0.4, 0.5) is 5.95 Å². The van der Waals surface area contributed by atoms with Crippen LogP contribution in [-0.4, -0.2) is 47.8 Å². The van der Waals surface area contributed by atoms with Crippen molar-refractivity contribution in [3.8, 4) is 5.95 Å². The van der Waals surface area contributed by atoms with Crippen LogP contribution in [0.25, 0.3) is 5.95 Å². The number of hydrogen-bond donors (Lipinski definition) is 1. The maximum Gasteiger partial charge on any atom is 0.258 e. The second kappa shape index (κ2) is 6.67. The lowest BCUT2D eigenvalue weighted by Gasteiger charge is -2.13. The molecule has 2 aromatic rings. The van der Waals surface area contributed by atoms with Gasteiger partial charge in [0.15, 0.2) is 0 Å². The third kappa shape index (κ3) is 4.03. The number of halogens is 1. The molecule has 102 valence electrons. The average Bonchev–Trinajstić information content (AvgIpc) is 2.89. The van der Waals surface area contributed by atoms with Crippen LogP contribution in [0.1, 0.15) is 13.3 Å². The average molecular weight is 300 g/mol. The van der Waals surface area contributed by atoms with Crippen molar-refractivity contribution >= 4 is 29.3 Å². The van der Waals surface area contributed by atoms with E-state index in [1.165, 1.54) is 17.3 Å². The molecule has 1 atom stereocenters. The summed E-state index contributed by atoms with van der Waals surface area (Å²) >= 11 is 7.69. The van der Waals surface area contributed by atoms with E-state index in [1.54, 1.807) is 11.8 Å². The molecule has 9 heteroatoms. The molecule has 1 unspecified atom stereocenters. The number of nitrogens with zero attached hydrogens (tertiary/aromatic N) is 6. The van der Waals surface area contributed by atoms with E-state index in [1.807, 2.05) is 0 Å². The third-order valence-corrected chi connectivity index (χ3v) is 3.16. The second-order valence-corrected chi connectivity index (χ2v) is 5.22. The first kappa shape index (κ1) is 14.0. The van der Waals surface area contributed by atoms with Crippen molar-refractivity contribution < 1.29 is 0 Å². The van der Waals surface area contributed by atoms with Gasteiger partial charge in [-0.25, -0.2) is 4.98 Å². The fourth-order valence-corrected chi connectivity index (χ4v) is 2.15. The van der Waals surface area contributed by atoms with Crippen molar-refractivity contribution in [1.82, 2.24) is 29.7 Å². The van der Waals surface area contributed by atoms with E-state index in [0.29, 0.717) is 11.9 Å². The quantitative estimate of drug-likeness (QED) is 0.868. The molecule has 7 nitrogen and oxygen atoms in total. The maximum atomic E-state index is 5.89. The molecule has 1 N–H and O–H groups in total. The normalized spacial score (nSPS) is 12.4. The van der Waals surface area contributed by atoms with Crippen LogP contribution in [0.3, 0.4) is 0 Å². The molecule has 0 saturated heterocycles. The first-order chi connectivity index (χ1) is 9.19. The highest BCUT2D eigenvalue weighted by Gasteiger charge is 2.09. The number of rotatable bonds is 6. The molecule has 0 fully saturated rings. The lowest BCUT2D eigenvalue weighted by Crippen LogP contribution is -2.19. The molecule has 0 aliphatic heterocycles. The van der Waals surface area contributed by atoms with E-state index >= 15 is 0 Å². The Bertz CT molecular complexity index is 519. The summed E-state index contributed by atoms with van der Waals surface area (Å²) in [5, 5.41) is 7.28. The Morgan fingerprint density at radius 2 is 2.26 bits per heavy atom. The van der Waals surface area contributed by atoms with Gasteiger partial charge in [0.05, 0.1) is 0 Å². The van der Waals surface area contributed by atoms with Gasteiger partial charge in [0, 0.05) is 6.04 Å². The molecule has 0 aliphatic rings. The topological polar surface area (TPSA) is 81.4 Å². The van der Waals surface area contributed by atoms with E-state index < -0.39 is 0 Å². The molecule has 0 amide bonds. The third-order valence-electron chi connectivity index (χ3n) is 2.35. The Kier molecular flexibility index (Phi) is 4.92. The van der Waals surface area contributed by atoms with Gasteiger partial charge >= 0.3 is 0 Å². The molecule has 2 aromatic heterocycles. The highest BCUT2D eigenvalue weighted by Crippen LogP contribution is 2.11. The first-order valence-corrected chi connectivity index (χ1v) is 7.48. The van der Waals surface area contributed by atoms with Gasteiger partial charge in [-0.3, -0.25) is 0 Å². The Morgan fingerprint density at radius 1 is 1.42 bits per heavy atom. The van der Waals surface area contributed by atoms with Gasteiger partial charge in [0.2, 0.25) is 11.2 Å². The largest absolute Gasteiger partial charge is 0.352 e. The van der Waals surface area contributed by atoms with Crippen LogP contribution in [0.5, 0.6) is 0 Å². The molecule has 0 radical (unpaired) electrons. The zero-order valence-corrected chi connectivity index (χ0v) is 12.2. The minimum Gasteiger partial charge on any atom is -0.352 e. The van der Waals surface area contributed by atoms with Gasteiger partial charge in [0.1, 0.15) is 12.7 Å². The van der Waals surface area contributed by atoms with E-state index in [9.17, 15) is 0 Å². The SMILES string of the molecule is CSCCC(C)Nc1nc(Cl)nc(-n2cncn2)n1. The van der Waals surface area contributed by atoms with Gasteiger partial charge < -0.3 is 5.32 Å². The van der Waals surface area contributed by atoms with Gasteiger partial charge in [-0.1, -0.05) is 0 Å². The van der Waals surface area contributed by atoms with Crippen molar-refractivity contribution in [1.29, 1.82) is 0 Å². The summed E-state index contributed by atoms with van der Waals surface area (Å²) in [5.41, 5.74) is 0. The number of thioether (sulfide) groups is 1. The Balaban J connectivity index is 2.13. The smallest absolute Gasteiger partial charge is 0.258 e. The van der Waals surface area contributed by atoms with Crippen LogP contribution in [0.15, 0.2) is 12.7 Å². The number of hydrogen-bond acceptors (Lipinski definition) is 7. The highest BCUT2D eigenvalue weighted by atomic mass is 35.5. The van der Waals surface area contributed by atoms with Gasteiger partial charge in [-0.15, -0.1) is 0 Å². The van der Waals surface area contributed by atoms with Crippen LogP contribution < -0.4 is 5.32 Å². The molecular formula is C10H14ClN7S. The molecule has 0 bridgehead atoms. The fourth-order valence-electron chi connectivity index (χ4n) is 1.41. The Morgan fingerprint density at radius 3 is 2.95 bits per heavy atom. The molecule has 0 spiro atoms. The fraction of sp³-hybridized carbons (Fsp3) is 0.500. The summed E-state index contributed by atoms with van der Waals surface area (Å²) in [6.45, 7) is 2.07. The predicted octanol–water partition coefficient (Wildman–Crippen LogP) is 1.66. The molecule has 0 saturated carbocycles. The summed E-state index contributed by atoms with van der Waals surface area (Å²) in [4.78, 5) is 16.2. The zero-order chi connectivity index (χ0) is 13.7. The minimum absolute atomic E-state index is 0.125. The lowest BCUT2D eigenvalue weighted by molar-refractivity contribution is 0.744. The molecule has 0 aromatic carbocycles. The minimum atomic E-state index is 0.125. The maximum absolute atomic E-state index is 5.89. The molecule has 2 rings (SSSR count). The van der Waals surface area contributed by atoms with E-state index in [2.05, 4.69) is 43.5 Å².